The van der Waals surface area contributed by atoms with Crippen molar-refractivity contribution in [1.29, 1.82) is 0 Å². The third kappa shape index (κ3) is 3.94. The predicted molar refractivity (Wildman–Crippen MR) is 119 cm³/mol. The van der Waals surface area contributed by atoms with Crippen LogP contribution in [0.2, 0.25) is 5.02 Å². The van der Waals surface area contributed by atoms with E-state index in [0.29, 0.717) is 40.4 Å². The molecule has 4 rings (SSSR count). The molecule has 1 amide bonds. The van der Waals surface area contributed by atoms with E-state index < -0.39 is 5.56 Å². The molecule has 0 radical (unpaired) electrons. The standard InChI is InChI=1S/C22H21ClN4O4/c1-30-18-7-6-14-12-25-27(22(29)20(14)21(18)31-2)13-19(28)24-9-11-26-10-8-15-16(23)4-3-5-17(15)26/h3-8,10,12H,9,11,13H2,1-2H3,(H,24,28). The molecule has 9 heteroatoms. The van der Waals surface area contributed by atoms with Crippen molar-refractivity contribution in [3.05, 3.63) is 64.2 Å². The molecule has 0 fully saturated rings. The van der Waals surface area contributed by atoms with Crippen molar-refractivity contribution in [2.24, 2.45) is 0 Å². The smallest absolute Gasteiger partial charge is 0.279 e. The van der Waals surface area contributed by atoms with E-state index in [0.717, 1.165) is 15.6 Å². The summed E-state index contributed by atoms with van der Waals surface area (Å²) in [5.74, 6) is 0.443. The Labute approximate surface area is 182 Å². The third-order valence-electron chi connectivity index (χ3n) is 5.09. The second-order valence-electron chi connectivity index (χ2n) is 6.90. The summed E-state index contributed by atoms with van der Waals surface area (Å²) >= 11 is 6.20. The number of nitrogens with zero attached hydrogens (tertiary/aromatic N) is 3. The van der Waals surface area contributed by atoms with Crippen LogP contribution < -0.4 is 20.3 Å². The SMILES string of the molecule is COc1ccc2cnn(CC(=O)NCCn3ccc4c(Cl)cccc43)c(=O)c2c1OC. The van der Waals surface area contributed by atoms with Crippen molar-refractivity contribution in [2.75, 3.05) is 20.8 Å². The van der Waals surface area contributed by atoms with E-state index in [-0.39, 0.29) is 12.5 Å². The normalized spacial score (nSPS) is 11.1. The summed E-state index contributed by atoms with van der Waals surface area (Å²) in [7, 11) is 2.96. The number of hydrogen-bond donors (Lipinski definition) is 1. The molecule has 160 valence electrons. The molecule has 8 nitrogen and oxygen atoms in total. The maximum atomic E-state index is 12.9. The van der Waals surface area contributed by atoms with E-state index in [1.807, 2.05) is 35.0 Å². The average molecular weight is 441 g/mol. The van der Waals surface area contributed by atoms with E-state index in [9.17, 15) is 9.59 Å². The number of benzene rings is 2. The highest BCUT2D eigenvalue weighted by molar-refractivity contribution is 6.35. The van der Waals surface area contributed by atoms with Crippen molar-refractivity contribution in [3.8, 4) is 11.5 Å². The Morgan fingerprint density at radius 3 is 2.77 bits per heavy atom. The largest absolute Gasteiger partial charge is 0.493 e. The zero-order valence-corrected chi connectivity index (χ0v) is 17.8. The average Bonchev–Trinajstić information content (AvgIpc) is 3.19. The topological polar surface area (TPSA) is 87.4 Å². The fourth-order valence-corrected chi connectivity index (χ4v) is 3.82. The first-order chi connectivity index (χ1) is 15.0. The van der Waals surface area contributed by atoms with Crippen molar-refractivity contribution in [3.63, 3.8) is 0 Å². The number of ether oxygens (including phenoxy) is 2. The molecular weight excluding hydrogens is 420 g/mol. The molecule has 0 atom stereocenters. The van der Waals surface area contributed by atoms with Crippen LogP contribution in [-0.4, -0.2) is 41.0 Å². The zero-order chi connectivity index (χ0) is 22.0. The van der Waals surface area contributed by atoms with Gasteiger partial charge in [0, 0.05) is 40.6 Å². The molecule has 1 N–H and O–H groups in total. The highest BCUT2D eigenvalue weighted by Gasteiger charge is 2.16. The molecule has 0 spiro atoms. The number of nitrogens with one attached hydrogen (secondary N) is 1. The Morgan fingerprint density at radius 2 is 2.00 bits per heavy atom. The molecule has 0 unspecified atom stereocenters. The second-order valence-corrected chi connectivity index (χ2v) is 7.31. The lowest BCUT2D eigenvalue weighted by Crippen LogP contribution is -2.35. The molecular formula is C22H21ClN4O4. The lowest BCUT2D eigenvalue weighted by Gasteiger charge is -2.12. The Kier molecular flexibility index (Phi) is 5.81. The van der Waals surface area contributed by atoms with Gasteiger partial charge in [0.15, 0.2) is 11.5 Å². The quantitative estimate of drug-likeness (QED) is 0.477. The number of aromatic nitrogens is 3. The first-order valence-corrected chi connectivity index (χ1v) is 10.0. The van der Waals surface area contributed by atoms with E-state index >= 15 is 0 Å². The summed E-state index contributed by atoms with van der Waals surface area (Å²) in [5.41, 5.74) is 0.574. The maximum absolute atomic E-state index is 12.9. The summed E-state index contributed by atoms with van der Waals surface area (Å²) in [4.78, 5) is 25.3. The zero-order valence-electron chi connectivity index (χ0n) is 17.1. The molecule has 0 bridgehead atoms. The number of amides is 1. The molecule has 2 aromatic carbocycles. The van der Waals surface area contributed by atoms with Gasteiger partial charge in [0.05, 0.1) is 25.8 Å². The van der Waals surface area contributed by atoms with Crippen LogP contribution in [-0.2, 0) is 17.9 Å². The van der Waals surface area contributed by atoms with Gasteiger partial charge in [0.1, 0.15) is 6.54 Å². The number of fused-ring (bicyclic) bond motifs is 2. The van der Waals surface area contributed by atoms with Gasteiger partial charge in [0.25, 0.3) is 5.56 Å². The second kappa shape index (κ2) is 8.69. The van der Waals surface area contributed by atoms with E-state index in [1.54, 1.807) is 12.1 Å². The maximum Gasteiger partial charge on any atom is 0.279 e. The molecule has 4 aromatic rings. The first-order valence-electron chi connectivity index (χ1n) is 9.64. The van der Waals surface area contributed by atoms with Gasteiger partial charge in [-0.25, -0.2) is 4.68 Å². The van der Waals surface area contributed by atoms with Gasteiger partial charge in [-0.15, -0.1) is 0 Å². The molecule has 2 heterocycles. The summed E-state index contributed by atoms with van der Waals surface area (Å²) in [6.45, 7) is 0.767. The number of hydrogen-bond acceptors (Lipinski definition) is 5. The van der Waals surface area contributed by atoms with Crippen molar-refractivity contribution in [1.82, 2.24) is 19.7 Å². The predicted octanol–water partition coefficient (Wildman–Crippen LogP) is 2.84. The fourth-order valence-electron chi connectivity index (χ4n) is 3.58. The van der Waals surface area contributed by atoms with Gasteiger partial charge >= 0.3 is 0 Å². The third-order valence-corrected chi connectivity index (χ3v) is 5.42. The van der Waals surface area contributed by atoms with Crippen LogP contribution in [0.3, 0.4) is 0 Å². The lowest BCUT2D eigenvalue weighted by molar-refractivity contribution is -0.121. The monoisotopic (exact) mass is 440 g/mol. The number of rotatable bonds is 7. The Bertz CT molecular complexity index is 1330. The van der Waals surface area contributed by atoms with Crippen LogP contribution >= 0.6 is 11.6 Å². The van der Waals surface area contributed by atoms with Crippen LogP contribution in [0.1, 0.15) is 0 Å². The van der Waals surface area contributed by atoms with Gasteiger partial charge in [-0.2, -0.15) is 5.10 Å². The Balaban J connectivity index is 1.47. The summed E-state index contributed by atoms with van der Waals surface area (Å²) < 4.78 is 13.8. The van der Waals surface area contributed by atoms with Crippen molar-refractivity contribution < 1.29 is 14.3 Å². The van der Waals surface area contributed by atoms with Gasteiger partial charge in [0.2, 0.25) is 5.91 Å². The molecule has 31 heavy (non-hydrogen) atoms. The summed E-state index contributed by atoms with van der Waals surface area (Å²) in [6.07, 6.45) is 3.46. The van der Waals surface area contributed by atoms with Crippen LogP contribution in [0.15, 0.2) is 53.6 Å². The lowest BCUT2D eigenvalue weighted by atomic mass is 10.1. The highest BCUT2D eigenvalue weighted by atomic mass is 35.5. The van der Waals surface area contributed by atoms with Gasteiger partial charge in [-0.05, 0) is 30.3 Å². The minimum Gasteiger partial charge on any atom is -0.493 e. The van der Waals surface area contributed by atoms with Gasteiger partial charge in [-0.1, -0.05) is 17.7 Å². The molecule has 0 aliphatic rings. The Hall–Kier alpha value is -3.52. The number of halogens is 1. The number of carbonyl (C=O) groups is 1. The summed E-state index contributed by atoms with van der Waals surface area (Å²) in [5, 5.41) is 9.52. The first kappa shape index (κ1) is 20.7. The molecule has 0 aliphatic heterocycles. The highest BCUT2D eigenvalue weighted by Crippen LogP contribution is 2.32. The van der Waals surface area contributed by atoms with Crippen LogP contribution in [0, 0.1) is 0 Å². The Morgan fingerprint density at radius 1 is 1.16 bits per heavy atom. The number of carbonyl (C=O) groups excluding carboxylic acids is 1. The molecule has 0 aliphatic carbocycles. The van der Waals surface area contributed by atoms with Gasteiger partial charge in [-0.3, -0.25) is 9.59 Å². The van der Waals surface area contributed by atoms with E-state index in [4.69, 9.17) is 21.1 Å². The van der Waals surface area contributed by atoms with Crippen molar-refractivity contribution in [2.45, 2.75) is 13.1 Å². The molecule has 2 aromatic heterocycles. The minimum atomic E-state index is -0.422. The van der Waals surface area contributed by atoms with Crippen LogP contribution in [0.5, 0.6) is 11.5 Å². The van der Waals surface area contributed by atoms with Crippen LogP contribution in [0.4, 0.5) is 0 Å². The summed E-state index contributed by atoms with van der Waals surface area (Å²) in [6, 6.07) is 11.1. The van der Waals surface area contributed by atoms with Gasteiger partial charge < -0.3 is 19.4 Å². The molecule has 0 saturated heterocycles. The fraction of sp³-hybridized carbons (Fsp3) is 0.227. The van der Waals surface area contributed by atoms with E-state index in [2.05, 4.69) is 10.4 Å². The minimum absolute atomic E-state index is 0.201. The number of methoxy groups -OCH3 is 2. The van der Waals surface area contributed by atoms with Crippen molar-refractivity contribution >= 4 is 39.2 Å². The molecule has 0 saturated carbocycles. The van der Waals surface area contributed by atoms with Crippen LogP contribution in [0.25, 0.3) is 21.7 Å². The van der Waals surface area contributed by atoms with E-state index in [1.165, 1.54) is 20.4 Å².